The quantitative estimate of drug-likeness (QED) is 0.810. The van der Waals surface area contributed by atoms with Crippen LogP contribution in [0.2, 0.25) is 0 Å². The van der Waals surface area contributed by atoms with Gasteiger partial charge < -0.3 is 19.7 Å². The molecule has 1 saturated heterocycles. The number of esters is 1. The predicted octanol–water partition coefficient (Wildman–Crippen LogP) is 2.32. The Morgan fingerprint density at radius 3 is 1.95 bits per heavy atom. The molecule has 22 heavy (non-hydrogen) atoms. The van der Waals surface area contributed by atoms with Crippen molar-refractivity contribution in [2.45, 2.75) is 71.6 Å². The van der Waals surface area contributed by atoms with Gasteiger partial charge in [0.1, 0.15) is 11.2 Å². The average molecular weight is 314 g/mol. The highest BCUT2D eigenvalue weighted by atomic mass is 16.6. The van der Waals surface area contributed by atoms with E-state index in [0.29, 0.717) is 13.1 Å². The normalized spacial score (nSPS) is 17.3. The van der Waals surface area contributed by atoms with Crippen molar-refractivity contribution in [2.75, 3.05) is 19.6 Å². The molecule has 1 fully saturated rings. The Morgan fingerprint density at radius 2 is 1.50 bits per heavy atom. The van der Waals surface area contributed by atoms with Crippen molar-refractivity contribution in [2.24, 2.45) is 0 Å². The zero-order valence-electron chi connectivity index (χ0n) is 14.7. The maximum Gasteiger partial charge on any atom is 0.410 e. The van der Waals surface area contributed by atoms with E-state index in [2.05, 4.69) is 5.32 Å². The molecule has 0 aromatic carbocycles. The number of carbonyl (C=O) groups excluding carboxylic acids is 2. The van der Waals surface area contributed by atoms with Crippen molar-refractivity contribution in [3.8, 4) is 0 Å². The van der Waals surface area contributed by atoms with Gasteiger partial charge in [-0.05, 0) is 54.4 Å². The number of carbonyl (C=O) groups is 2. The van der Waals surface area contributed by atoms with Gasteiger partial charge >= 0.3 is 12.1 Å². The molecule has 1 aliphatic rings. The van der Waals surface area contributed by atoms with Crippen molar-refractivity contribution in [3.05, 3.63) is 0 Å². The van der Waals surface area contributed by atoms with Gasteiger partial charge in [0.05, 0.1) is 6.54 Å². The molecule has 0 aromatic rings. The van der Waals surface area contributed by atoms with Crippen LogP contribution in [-0.4, -0.2) is 53.8 Å². The summed E-state index contributed by atoms with van der Waals surface area (Å²) >= 11 is 0. The van der Waals surface area contributed by atoms with Gasteiger partial charge in [-0.3, -0.25) is 4.79 Å². The fourth-order valence-corrected chi connectivity index (χ4v) is 2.20. The minimum Gasteiger partial charge on any atom is -0.459 e. The van der Waals surface area contributed by atoms with E-state index in [0.717, 1.165) is 12.8 Å². The van der Waals surface area contributed by atoms with E-state index in [9.17, 15) is 9.59 Å². The summed E-state index contributed by atoms with van der Waals surface area (Å²) in [5.41, 5.74) is -0.929. The molecule has 1 heterocycles. The Kier molecular flexibility index (Phi) is 6.23. The Bertz CT molecular complexity index is 388. The van der Waals surface area contributed by atoms with Gasteiger partial charge in [-0.1, -0.05) is 0 Å². The molecular formula is C16H30N2O4. The lowest BCUT2D eigenvalue weighted by Gasteiger charge is -2.33. The first-order valence-corrected chi connectivity index (χ1v) is 7.89. The van der Waals surface area contributed by atoms with Crippen LogP contribution in [0.1, 0.15) is 54.4 Å². The van der Waals surface area contributed by atoms with Crippen LogP contribution >= 0.6 is 0 Å². The van der Waals surface area contributed by atoms with Crippen molar-refractivity contribution >= 4 is 12.1 Å². The van der Waals surface area contributed by atoms with Crippen molar-refractivity contribution in [1.82, 2.24) is 10.2 Å². The number of hydrogen-bond acceptors (Lipinski definition) is 5. The minimum absolute atomic E-state index is 0.203. The molecule has 0 aliphatic carbocycles. The summed E-state index contributed by atoms with van der Waals surface area (Å²) in [6.45, 7) is 12.6. The number of amides is 1. The highest BCUT2D eigenvalue weighted by Gasteiger charge is 2.27. The molecule has 0 bridgehead atoms. The third-order valence-corrected chi connectivity index (χ3v) is 3.10. The zero-order valence-corrected chi connectivity index (χ0v) is 14.7. The van der Waals surface area contributed by atoms with E-state index in [1.165, 1.54) is 0 Å². The highest BCUT2D eigenvalue weighted by molar-refractivity contribution is 5.72. The number of likely N-dealkylation sites (tertiary alicyclic amines) is 1. The van der Waals surface area contributed by atoms with Gasteiger partial charge in [0.25, 0.3) is 0 Å². The molecule has 1 rings (SSSR count). The monoisotopic (exact) mass is 314 g/mol. The lowest BCUT2D eigenvalue weighted by molar-refractivity contribution is -0.153. The van der Waals surface area contributed by atoms with Gasteiger partial charge in [-0.15, -0.1) is 0 Å². The second-order valence-corrected chi connectivity index (χ2v) is 7.71. The molecule has 0 atom stereocenters. The van der Waals surface area contributed by atoms with Gasteiger partial charge in [-0.2, -0.15) is 0 Å². The Balaban J connectivity index is 2.28. The topological polar surface area (TPSA) is 67.9 Å². The van der Waals surface area contributed by atoms with Crippen LogP contribution in [0, 0.1) is 0 Å². The predicted molar refractivity (Wildman–Crippen MR) is 84.7 cm³/mol. The van der Waals surface area contributed by atoms with Crippen LogP contribution < -0.4 is 5.32 Å². The third-order valence-electron chi connectivity index (χ3n) is 3.10. The van der Waals surface area contributed by atoms with Crippen molar-refractivity contribution in [1.29, 1.82) is 0 Å². The lowest BCUT2D eigenvalue weighted by Crippen LogP contribution is -2.47. The standard InChI is InChI=1S/C16H30N2O4/c1-15(2,3)21-13(19)11-17-12-7-9-18(10-8-12)14(20)22-16(4,5)6/h12,17H,7-11H2,1-6H3. The molecule has 0 unspecified atom stereocenters. The molecule has 0 saturated carbocycles. The van der Waals surface area contributed by atoms with Gasteiger partial charge in [0.2, 0.25) is 0 Å². The molecule has 128 valence electrons. The molecular weight excluding hydrogens is 284 g/mol. The number of nitrogens with zero attached hydrogens (tertiary/aromatic N) is 1. The van der Waals surface area contributed by atoms with Gasteiger partial charge in [0, 0.05) is 19.1 Å². The number of ether oxygens (including phenoxy) is 2. The number of rotatable bonds is 3. The van der Waals surface area contributed by atoms with Crippen molar-refractivity contribution in [3.63, 3.8) is 0 Å². The van der Waals surface area contributed by atoms with Crippen LogP contribution in [0.4, 0.5) is 4.79 Å². The van der Waals surface area contributed by atoms with Crippen LogP contribution in [0.5, 0.6) is 0 Å². The van der Waals surface area contributed by atoms with E-state index in [1.807, 2.05) is 41.5 Å². The molecule has 0 aromatic heterocycles. The summed E-state index contributed by atoms with van der Waals surface area (Å²) < 4.78 is 10.6. The van der Waals surface area contributed by atoms with E-state index in [-0.39, 0.29) is 24.6 Å². The van der Waals surface area contributed by atoms with Crippen LogP contribution in [-0.2, 0) is 14.3 Å². The number of nitrogens with one attached hydrogen (secondary N) is 1. The summed E-state index contributed by atoms with van der Waals surface area (Å²) in [5.74, 6) is -0.248. The second kappa shape index (κ2) is 7.31. The van der Waals surface area contributed by atoms with E-state index < -0.39 is 11.2 Å². The fraction of sp³-hybridized carbons (Fsp3) is 0.875. The summed E-state index contributed by atoms with van der Waals surface area (Å²) in [7, 11) is 0. The summed E-state index contributed by atoms with van der Waals surface area (Å²) in [5, 5.41) is 3.20. The van der Waals surface area contributed by atoms with E-state index in [1.54, 1.807) is 4.90 Å². The zero-order chi connectivity index (χ0) is 17.0. The first kappa shape index (κ1) is 18.7. The SMILES string of the molecule is CC(C)(C)OC(=O)CNC1CCN(C(=O)OC(C)(C)C)CC1. The van der Waals surface area contributed by atoms with E-state index in [4.69, 9.17) is 9.47 Å². The Morgan fingerprint density at radius 1 is 1.00 bits per heavy atom. The van der Waals surface area contributed by atoms with Crippen LogP contribution in [0.25, 0.3) is 0 Å². The second-order valence-electron chi connectivity index (χ2n) is 7.71. The third kappa shape index (κ3) is 7.64. The first-order valence-electron chi connectivity index (χ1n) is 7.89. The maximum atomic E-state index is 12.0. The Hall–Kier alpha value is -1.30. The Labute approximate surface area is 133 Å². The van der Waals surface area contributed by atoms with Crippen molar-refractivity contribution < 1.29 is 19.1 Å². The molecule has 6 heteroatoms. The molecule has 1 amide bonds. The highest BCUT2D eigenvalue weighted by Crippen LogP contribution is 2.15. The molecule has 1 N–H and O–H groups in total. The van der Waals surface area contributed by atoms with Gasteiger partial charge in [0.15, 0.2) is 0 Å². The van der Waals surface area contributed by atoms with Gasteiger partial charge in [-0.25, -0.2) is 4.79 Å². The number of hydrogen-bond donors (Lipinski definition) is 1. The number of piperidine rings is 1. The smallest absolute Gasteiger partial charge is 0.410 e. The molecule has 0 radical (unpaired) electrons. The molecule has 0 spiro atoms. The first-order chi connectivity index (χ1) is 9.96. The summed E-state index contributed by atoms with van der Waals surface area (Å²) in [6, 6.07) is 0.228. The molecule has 1 aliphatic heterocycles. The van der Waals surface area contributed by atoms with Crippen LogP contribution in [0.15, 0.2) is 0 Å². The van der Waals surface area contributed by atoms with Crippen LogP contribution in [0.3, 0.4) is 0 Å². The van der Waals surface area contributed by atoms with E-state index >= 15 is 0 Å². The molecule has 6 nitrogen and oxygen atoms in total. The summed E-state index contributed by atoms with van der Waals surface area (Å²) in [4.78, 5) is 25.3. The average Bonchev–Trinajstić information content (AvgIpc) is 2.33. The largest absolute Gasteiger partial charge is 0.459 e. The minimum atomic E-state index is -0.469. The summed E-state index contributed by atoms with van der Waals surface area (Å²) in [6.07, 6.45) is 1.35. The maximum absolute atomic E-state index is 12.0. The fourth-order valence-electron chi connectivity index (χ4n) is 2.20. The lowest BCUT2D eigenvalue weighted by atomic mass is 10.1.